The molecular formula is C23H21F3N4O3. The Morgan fingerprint density at radius 1 is 1.15 bits per heavy atom. The van der Waals surface area contributed by atoms with Gasteiger partial charge < -0.3 is 4.74 Å². The molecule has 0 saturated heterocycles. The lowest BCUT2D eigenvalue weighted by atomic mass is 10.1. The predicted octanol–water partition coefficient (Wildman–Crippen LogP) is 5.18. The van der Waals surface area contributed by atoms with E-state index < -0.39 is 23.2 Å². The van der Waals surface area contributed by atoms with Crippen molar-refractivity contribution >= 4 is 5.91 Å². The highest BCUT2D eigenvalue weighted by Gasteiger charge is 2.31. The smallest absolute Gasteiger partial charge is 0.416 e. The van der Waals surface area contributed by atoms with Gasteiger partial charge in [0.25, 0.3) is 5.91 Å². The molecule has 7 nitrogen and oxygen atoms in total. The second-order valence-electron chi connectivity index (χ2n) is 8.10. The van der Waals surface area contributed by atoms with E-state index in [2.05, 4.69) is 10.6 Å². The first-order chi connectivity index (χ1) is 15.5. The Morgan fingerprint density at radius 3 is 2.45 bits per heavy atom. The minimum absolute atomic E-state index is 0.0141. The molecule has 0 aliphatic rings. The molecule has 1 amide bonds. The van der Waals surface area contributed by atoms with Gasteiger partial charge in [0.05, 0.1) is 35.5 Å². The SMILES string of the molecule is CC(C)(C)n1ncc(Oc2cccc(C(F)(F)F)c2)c1C(=O)NOCc1ccc(C#N)cc1. The summed E-state index contributed by atoms with van der Waals surface area (Å²) in [4.78, 5) is 18.2. The van der Waals surface area contributed by atoms with Gasteiger partial charge in [-0.3, -0.25) is 14.3 Å². The van der Waals surface area contributed by atoms with Crippen LogP contribution in [0.1, 0.15) is 48.0 Å². The van der Waals surface area contributed by atoms with Gasteiger partial charge >= 0.3 is 6.18 Å². The first-order valence-corrected chi connectivity index (χ1v) is 9.84. The molecule has 3 rings (SSSR count). The second kappa shape index (κ2) is 9.34. The van der Waals surface area contributed by atoms with Gasteiger partial charge in [-0.1, -0.05) is 18.2 Å². The van der Waals surface area contributed by atoms with Crippen LogP contribution in [0.4, 0.5) is 13.2 Å². The number of nitrogens with zero attached hydrogens (tertiary/aromatic N) is 3. The molecule has 0 bridgehead atoms. The Morgan fingerprint density at radius 2 is 1.85 bits per heavy atom. The fourth-order valence-electron chi connectivity index (χ4n) is 2.90. The van der Waals surface area contributed by atoms with E-state index in [9.17, 15) is 18.0 Å². The van der Waals surface area contributed by atoms with Crippen LogP contribution in [-0.4, -0.2) is 15.7 Å². The van der Waals surface area contributed by atoms with Crippen molar-refractivity contribution in [3.63, 3.8) is 0 Å². The van der Waals surface area contributed by atoms with Crippen molar-refractivity contribution in [2.45, 2.75) is 39.1 Å². The number of rotatable bonds is 6. The van der Waals surface area contributed by atoms with Gasteiger partial charge in [0, 0.05) is 0 Å². The summed E-state index contributed by atoms with van der Waals surface area (Å²) in [6.45, 7) is 5.46. The highest BCUT2D eigenvalue weighted by atomic mass is 19.4. The molecule has 1 N–H and O–H groups in total. The van der Waals surface area contributed by atoms with Crippen molar-refractivity contribution in [1.29, 1.82) is 5.26 Å². The number of nitriles is 1. The standard InChI is InChI=1S/C23H21F3N4O3/c1-22(2,3)30-20(21(31)29-32-14-16-9-7-15(12-27)8-10-16)19(13-28-30)33-18-6-4-5-17(11-18)23(24,25)26/h4-11,13H,14H2,1-3H3,(H,29,31). The number of hydroxylamine groups is 1. The average molecular weight is 458 g/mol. The maximum absolute atomic E-state index is 13.0. The van der Waals surface area contributed by atoms with Crippen LogP contribution in [0.2, 0.25) is 0 Å². The molecule has 0 aliphatic carbocycles. The Labute approximate surface area is 188 Å². The molecule has 1 heterocycles. The van der Waals surface area contributed by atoms with Crippen molar-refractivity contribution in [3.8, 4) is 17.6 Å². The number of hydrogen-bond acceptors (Lipinski definition) is 5. The minimum Gasteiger partial charge on any atom is -0.453 e. The van der Waals surface area contributed by atoms with Crippen molar-refractivity contribution < 1.29 is 27.5 Å². The summed E-state index contributed by atoms with van der Waals surface area (Å²) in [5.74, 6) is -0.799. The van der Waals surface area contributed by atoms with Gasteiger partial charge in [-0.15, -0.1) is 0 Å². The molecule has 0 atom stereocenters. The third-order valence-electron chi connectivity index (χ3n) is 4.46. The van der Waals surface area contributed by atoms with Gasteiger partial charge in [0.2, 0.25) is 0 Å². The molecule has 0 spiro atoms. The Hall–Kier alpha value is -3.84. The predicted molar refractivity (Wildman–Crippen MR) is 112 cm³/mol. The van der Waals surface area contributed by atoms with Gasteiger partial charge in [-0.25, -0.2) is 5.48 Å². The van der Waals surface area contributed by atoms with E-state index in [0.717, 1.165) is 17.7 Å². The molecule has 3 aromatic rings. The monoisotopic (exact) mass is 458 g/mol. The number of alkyl halides is 3. The molecule has 1 aromatic heterocycles. The number of amides is 1. The summed E-state index contributed by atoms with van der Waals surface area (Å²) in [6, 6.07) is 13.0. The highest BCUT2D eigenvalue weighted by molar-refractivity contribution is 5.94. The number of hydrogen-bond donors (Lipinski definition) is 1. The Kier molecular flexibility index (Phi) is 6.74. The molecule has 0 fully saturated rings. The first kappa shape index (κ1) is 23.8. The largest absolute Gasteiger partial charge is 0.453 e. The van der Waals surface area contributed by atoms with Crippen LogP contribution < -0.4 is 10.2 Å². The van der Waals surface area contributed by atoms with E-state index in [1.807, 2.05) is 26.8 Å². The summed E-state index contributed by atoms with van der Waals surface area (Å²) < 4.78 is 46.1. The third-order valence-corrected chi connectivity index (χ3v) is 4.46. The van der Waals surface area contributed by atoms with Crippen molar-refractivity contribution in [2.24, 2.45) is 0 Å². The number of halogens is 3. The summed E-state index contributed by atoms with van der Waals surface area (Å²) in [5.41, 5.74) is 2.01. The number of aromatic nitrogens is 2. The van der Waals surface area contributed by atoms with Crippen molar-refractivity contribution in [2.75, 3.05) is 0 Å². The lowest BCUT2D eigenvalue weighted by Crippen LogP contribution is -2.32. The zero-order valence-electron chi connectivity index (χ0n) is 18.1. The van der Waals surface area contributed by atoms with Crippen molar-refractivity contribution in [3.05, 3.63) is 77.1 Å². The van der Waals surface area contributed by atoms with Crippen molar-refractivity contribution in [1.82, 2.24) is 15.3 Å². The molecule has 0 unspecified atom stereocenters. The van der Waals surface area contributed by atoms with Crippen LogP contribution in [0.5, 0.6) is 11.5 Å². The van der Waals surface area contributed by atoms with E-state index in [4.69, 9.17) is 14.8 Å². The van der Waals surface area contributed by atoms with Crippen LogP contribution in [-0.2, 0) is 23.2 Å². The van der Waals surface area contributed by atoms with Crippen LogP contribution in [0.25, 0.3) is 0 Å². The third kappa shape index (κ3) is 5.90. The topological polar surface area (TPSA) is 89.2 Å². The van der Waals surface area contributed by atoms with Crippen LogP contribution >= 0.6 is 0 Å². The number of carbonyl (C=O) groups is 1. The maximum Gasteiger partial charge on any atom is 0.416 e. The fraction of sp³-hybridized carbons (Fsp3) is 0.261. The summed E-state index contributed by atoms with van der Waals surface area (Å²) in [5, 5.41) is 13.0. The second-order valence-corrected chi connectivity index (χ2v) is 8.10. The van der Waals surface area contributed by atoms with E-state index in [1.165, 1.54) is 23.0 Å². The molecule has 33 heavy (non-hydrogen) atoms. The average Bonchev–Trinajstić information content (AvgIpc) is 3.18. The summed E-state index contributed by atoms with van der Waals surface area (Å²) >= 11 is 0. The van der Waals surface area contributed by atoms with Gasteiger partial charge in [-0.2, -0.15) is 23.5 Å². The van der Waals surface area contributed by atoms with E-state index in [1.54, 1.807) is 24.3 Å². The van der Waals surface area contributed by atoms with Gasteiger partial charge in [0.15, 0.2) is 11.4 Å². The number of ether oxygens (including phenoxy) is 1. The molecule has 0 radical (unpaired) electrons. The zero-order chi connectivity index (χ0) is 24.2. The van der Waals surface area contributed by atoms with E-state index in [-0.39, 0.29) is 23.8 Å². The Bertz CT molecular complexity index is 1170. The molecule has 0 saturated carbocycles. The van der Waals surface area contributed by atoms with Crippen LogP contribution in [0.3, 0.4) is 0 Å². The Balaban J connectivity index is 1.80. The number of nitrogens with one attached hydrogen (secondary N) is 1. The lowest BCUT2D eigenvalue weighted by Gasteiger charge is -2.22. The normalized spacial score (nSPS) is 11.7. The number of carbonyl (C=O) groups excluding carboxylic acids is 1. The maximum atomic E-state index is 13.0. The number of benzene rings is 2. The highest BCUT2D eigenvalue weighted by Crippen LogP contribution is 2.34. The van der Waals surface area contributed by atoms with Gasteiger partial charge in [-0.05, 0) is 56.7 Å². The van der Waals surface area contributed by atoms with Gasteiger partial charge in [0.1, 0.15) is 5.75 Å². The summed E-state index contributed by atoms with van der Waals surface area (Å²) in [7, 11) is 0. The molecular weight excluding hydrogens is 437 g/mol. The lowest BCUT2D eigenvalue weighted by molar-refractivity contribution is -0.137. The minimum atomic E-state index is -4.53. The van der Waals surface area contributed by atoms with E-state index in [0.29, 0.717) is 5.56 Å². The van der Waals surface area contributed by atoms with E-state index >= 15 is 0 Å². The van der Waals surface area contributed by atoms with Crippen LogP contribution in [0, 0.1) is 11.3 Å². The first-order valence-electron chi connectivity index (χ1n) is 9.84. The molecule has 10 heteroatoms. The summed E-state index contributed by atoms with van der Waals surface area (Å²) in [6.07, 6.45) is -3.27. The molecule has 172 valence electrons. The fourth-order valence-corrected chi connectivity index (χ4v) is 2.90. The zero-order valence-corrected chi connectivity index (χ0v) is 18.1. The molecule has 2 aromatic carbocycles. The quantitative estimate of drug-likeness (QED) is 0.514. The van der Waals surface area contributed by atoms with Crippen LogP contribution in [0.15, 0.2) is 54.7 Å². The molecule has 0 aliphatic heterocycles.